The number of para-hydroxylation sites is 2. The molecule has 5 nitrogen and oxygen atoms in total. The van der Waals surface area contributed by atoms with Crippen molar-refractivity contribution in [1.29, 1.82) is 0 Å². The summed E-state index contributed by atoms with van der Waals surface area (Å²) in [7, 11) is 0. The van der Waals surface area contributed by atoms with Gasteiger partial charge < -0.3 is 8.98 Å². The van der Waals surface area contributed by atoms with Gasteiger partial charge in [0, 0.05) is 36.9 Å². The van der Waals surface area contributed by atoms with Crippen LogP contribution in [0.25, 0.3) is 61.4 Å². The number of hydrogen-bond acceptors (Lipinski definition) is 4. The molecule has 8 rings (SSSR count). The molecule has 0 aliphatic carbocycles. The summed E-state index contributed by atoms with van der Waals surface area (Å²) in [6.45, 7) is 17.5. The fraction of sp³-hybridized carbons (Fsp3) is 0.286. The molecule has 1 radical (unpaired) electrons. The van der Waals surface area contributed by atoms with E-state index in [9.17, 15) is 0 Å². The molecule has 0 aliphatic heterocycles. The van der Waals surface area contributed by atoms with Crippen LogP contribution in [0.3, 0.4) is 0 Å². The third kappa shape index (κ3) is 8.34. The van der Waals surface area contributed by atoms with Crippen LogP contribution in [0.15, 0.2) is 102 Å². The summed E-state index contributed by atoms with van der Waals surface area (Å²) < 4.78 is 10.2. The van der Waals surface area contributed by atoms with Gasteiger partial charge >= 0.3 is 126 Å². The first-order valence-electron chi connectivity index (χ1n) is 19.4. The molecule has 289 valence electrons. The molecule has 0 amide bonds. The van der Waals surface area contributed by atoms with Gasteiger partial charge in [-0.05, 0) is 60.7 Å². The minimum Gasteiger partial charge on any atom is -0.486 e. The van der Waals surface area contributed by atoms with E-state index in [0.717, 1.165) is 79.0 Å². The van der Waals surface area contributed by atoms with Crippen molar-refractivity contribution in [2.45, 2.75) is 84.5 Å². The third-order valence-electron chi connectivity index (χ3n) is 10.4. The van der Waals surface area contributed by atoms with Crippen molar-refractivity contribution in [3.8, 4) is 28.3 Å². The Morgan fingerprint density at radius 1 is 0.839 bits per heavy atom. The number of pyridine rings is 2. The average Bonchev–Trinajstić information content (AvgIpc) is 3.71. The second-order valence-corrected chi connectivity index (χ2v) is 27.9. The van der Waals surface area contributed by atoms with Crippen molar-refractivity contribution in [2.75, 3.05) is 0 Å². The Kier molecular flexibility index (Phi) is 12.0. The molecule has 0 unspecified atom stereocenters. The maximum atomic E-state index is 6.41. The monoisotopic (exact) mass is 979 g/mol. The fourth-order valence-electron chi connectivity index (χ4n) is 7.31. The number of nitrogens with zero attached hydrogens (tertiary/aromatic N) is 4. The zero-order valence-corrected chi connectivity index (χ0v) is 39.0. The number of furan rings is 1. The smallest absolute Gasteiger partial charge is 0.216 e. The number of fused-ring (bicyclic) bond motifs is 4. The Bertz CT molecular complexity index is 2640. The summed E-state index contributed by atoms with van der Waals surface area (Å²) in [6, 6.07) is 38.4. The number of aromatic nitrogens is 4. The zero-order valence-electron chi connectivity index (χ0n) is 34.6. The molecule has 4 aromatic carbocycles. The molecule has 0 fully saturated rings. The first kappa shape index (κ1) is 41.3. The van der Waals surface area contributed by atoms with Crippen LogP contribution in [0.4, 0.5) is 0 Å². The van der Waals surface area contributed by atoms with E-state index in [1.165, 1.54) is 11.1 Å². The van der Waals surface area contributed by atoms with Crippen LogP contribution in [-0.2, 0) is 31.9 Å². The number of rotatable bonds is 6. The van der Waals surface area contributed by atoms with Crippen LogP contribution in [-0.4, -0.2) is 32.8 Å². The van der Waals surface area contributed by atoms with Gasteiger partial charge in [0.25, 0.3) is 0 Å². The van der Waals surface area contributed by atoms with E-state index in [1.54, 1.807) is 4.40 Å². The van der Waals surface area contributed by atoms with Crippen LogP contribution in [0.5, 0.6) is 0 Å². The molecule has 8 aromatic rings. The van der Waals surface area contributed by atoms with Crippen molar-refractivity contribution in [3.63, 3.8) is 0 Å². The Labute approximate surface area is 348 Å². The normalized spacial score (nSPS) is 11.9. The fourth-order valence-corrected chi connectivity index (χ4v) is 10.6. The second kappa shape index (κ2) is 16.2. The zero-order chi connectivity index (χ0) is 39.2. The molecular weight excluding hydrogens is 925 g/mol. The van der Waals surface area contributed by atoms with E-state index in [0.29, 0.717) is 11.6 Å². The first-order chi connectivity index (χ1) is 26.1. The molecule has 4 aromatic heterocycles. The maximum Gasteiger partial charge on any atom is 0.216 e. The van der Waals surface area contributed by atoms with E-state index in [1.807, 2.05) is 37.3 Å². The Hall–Kier alpha value is -4.36. The van der Waals surface area contributed by atoms with Gasteiger partial charge in [-0.25, -0.2) is 4.98 Å². The second-order valence-electron chi connectivity index (χ2n) is 17.3. The third-order valence-corrected chi connectivity index (χ3v) is 14.7. The molecule has 0 aliphatic rings. The first-order valence-corrected chi connectivity index (χ1v) is 26.7. The van der Waals surface area contributed by atoms with Gasteiger partial charge in [-0.2, -0.15) is 0 Å². The van der Waals surface area contributed by atoms with Gasteiger partial charge in [0.05, 0.1) is 22.4 Å². The maximum absolute atomic E-state index is 6.41. The van der Waals surface area contributed by atoms with E-state index < -0.39 is 13.3 Å². The molecule has 7 heteroatoms. The van der Waals surface area contributed by atoms with Gasteiger partial charge in [0.15, 0.2) is 0 Å². The summed E-state index contributed by atoms with van der Waals surface area (Å²) in [6.07, 6.45) is 3.27. The van der Waals surface area contributed by atoms with Crippen molar-refractivity contribution in [3.05, 3.63) is 137 Å². The predicted octanol–water partition coefficient (Wildman–Crippen LogP) is 12.3. The van der Waals surface area contributed by atoms with Gasteiger partial charge in [-0.1, -0.05) is 62.9 Å². The molecular formula is C49H52GeIrN4O-2. The summed E-state index contributed by atoms with van der Waals surface area (Å²) in [4.78, 5) is 14.5. The molecule has 4 heterocycles. The van der Waals surface area contributed by atoms with Gasteiger partial charge in [0.2, 0.25) is 5.71 Å². The number of benzene rings is 4. The molecule has 0 atom stereocenters. The summed E-state index contributed by atoms with van der Waals surface area (Å²) in [5.41, 5.74) is 13.6. The molecule has 0 N–H and O–H groups in total. The van der Waals surface area contributed by atoms with Crippen molar-refractivity contribution in [2.24, 2.45) is 5.92 Å². The molecule has 0 spiro atoms. The van der Waals surface area contributed by atoms with Gasteiger partial charge in [-0.15, -0.1) is 17.7 Å². The SMILES string of the molecule is CC(C)Cc1cc(-c2[c-]cccc2)nc[c]1[Ge]([CH3])([CH3])[CH3].Cc1cc2c(nc1C)oc1c(-c3nc4ccccc4n3-c3ccc(C(C)(C)C)cc3)[c-]cc(C)c12.[Ir]. The molecule has 0 saturated carbocycles. The van der Waals surface area contributed by atoms with Crippen LogP contribution >= 0.6 is 0 Å². The summed E-state index contributed by atoms with van der Waals surface area (Å²) >= 11 is -1.86. The molecule has 0 bridgehead atoms. The Balaban J connectivity index is 0.000000217. The largest absolute Gasteiger partial charge is 0.486 e. The van der Waals surface area contributed by atoms with E-state index in [4.69, 9.17) is 19.4 Å². The average molecular weight is 978 g/mol. The minimum atomic E-state index is -1.86. The number of aryl methyl sites for hydroxylation is 3. The van der Waals surface area contributed by atoms with Crippen molar-refractivity contribution in [1.82, 2.24) is 19.5 Å². The van der Waals surface area contributed by atoms with E-state index >= 15 is 0 Å². The van der Waals surface area contributed by atoms with Crippen molar-refractivity contribution < 1.29 is 24.5 Å². The van der Waals surface area contributed by atoms with Crippen molar-refractivity contribution >= 4 is 50.8 Å². The molecule has 0 saturated heterocycles. The summed E-state index contributed by atoms with van der Waals surface area (Å²) in [5.74, 6) is 8.81. The Morgan fingerprint density at radius 2 is 1.55 bits per heavy atom. The van der Waals surface area contributed by atoms with Crippen LogP contribution in [0, 0.1) is 38.8 Å². The van der Waals surface area contributed by atoms with E-state index in [2.05, 4.69) is 149 Å². The summed E-state index contributed by atoms with van der Waals surface area (Å²) in [5, 5.41) is 2.11. The van der Waals surface area contributed by atoms with Crippen LogP contribution in [0.1, 0.15) is 62.6 Å². The van der Waals surface area contributed by atoms with Crippen LogP contribution in [0.2, 0.25) is 17.3 Å². The standard InChI is InChI=1S/C31H28N3O.C18H24GeN.Ir/c1-18-11-16-23(28-27(18)24-17-19(2)20(3)32-30(24)35-28)29-33-25-9-7-8-10-26(25)34(29)22-14-12-21(13-15-22)31(4,5)6;1-14(2)11-16-12-18(15-9-7-6-8-10-15)20-13-17(16)19(3,4)5;/h7-15,17H,1-6H3;6-9,12-14H,11H2,1-5H3;/q2*-1;. The number of imidazole rings is 1. The number of hydrogen-bond donors (Lipinski definition) is 0. The van der Waals surface area contributed by atoms with Gasteiger partial charge in [-0.3, -0.25) is 4.98 Å². The Morgan fingerprint density at radius 3 is 2.21 bits per heavy atom. The molecule has 56 heavy (non-hydrogen) atoms. The quantitative estimate of drug-likeness (QED) is 0.123. The topological polar surface area (TPSA) is 56.7 Å². The predicted molar refractivity (Wildman–Crippen MR) is 233 cm³/mol. The van der Waals surface area contributed by atoms with Gasteiger partial charge in [0.1, 0.15) is 0 Å². The minimum absolute atomic E-state index is 0. The van der Waals surface area contributed by atoms with E-state index in [-0.39, 0.29) is 25.5 Å². The van der Waals surface area contributed by atoms with Crippen LogP contribution < -0.4 is 4.40 Å².